The molecule has 316 valence electrons. The Kier molecular flexibility index (Phi) is 11.4. The maximum atomic E-state index is 14.6. The summed E-state index contributed by atoms with van der Waals surface area (Å²) in [6.45, 7) is 2.64. The zero-order valence-corrected chi connectivity index (χ0v) is 33.7. The summed E-state index contributed by atoms with van der Waals surface area (Å²) in [6, 6.07) is 2.04. The number of halogens is 3. The SMILES string of the molecule is COc1ccc2c(O[C@@H]3C[C@H]4C(=O)C[C@]5(C(=O)NS(=O)(=O)C6(C)CC6)C[C@@H]5/C=C\CCCCC[C@H](NC(=O)N5CCC5)C(=O)N4C3)cc(OCC(F)(F)F)nc2c1C. The van der Waals surface area contributed by atoms with Gasteiger partial charge in [-0.05, 0) is 76.8 Å². The molecule has 4 heterocycles. The number of nitrogens with one attached hydrogen (secondary N) is 2. The summed E-state index contributed by atoms with van der Waals surface area (Å²) in [6.07, 6.45) is 2.94. The number of amides is 4. The van der Waals surface area contributed by atoms with Gasteiger partial charge in [0.1, 0.15) is 23.6 Å². The van der Waals surface area contributed by atoms with Gasteiger partial charge in [0.05, 0.1) is 35.4 Å². The standard InChI is InChI=1S/C40H50F3N5O9S/c1-24-31(55-3)13-12-27-32(19-33(45-34(24)27)56-23-40(41,42)43)57-26-18-29-30(49)21-39(36(51)46-58(53,54)38(2)14-15-38)20-25(39)10-7-5-4-6-8-11-28(35(50)48(29)22-26)44-37(52)47-16-9-17-47/h7,10,12-13,19,25-26,28-29H,4-6,8-9,11,14-18,20-23H2,1-3H3,(H,44,52)(H,46,51)/b10-7-/t25-,26+,28-,29-,39+/m0/s1. The molecule has 14 nitrogen and oxygen atoms in total. The van der Waals surface area contributed by atoms with Crippen molar-refractivity contribution >= 4 is 44.6 Å². The number of rotatable bonds is 9. The predicted octanol–water partition coefficient (Wildman–Crippen LogP) is 5.11. The highest BCUT2D eigenvalue weighted by atomic mass is 32.2. The molecule has 4 amide bonds. The number of methoxy groups -OCH3 is 1. The first kappa shape index (κ1) is 41.5. The number of carbonyl (C=O) groups excluding carboxylic acids is 4. The zero-order chi connectivity index (χ0) is 41.6. The third-order valence-corrected chi connectivity index (χ3v) is 14.5. The van der Waals surface area contributed by atoms with Crippen molar-refractivity contribution in [1.29, 1.82) is 0 Å². The Hall–Kier alpha value is -4.61. The lowest BCUT2D eigenvalue weighted by atomic mass is 9.91. The first-order valence-corrected chi connectivity index (χ1v) is 21.4. The van der Waals surface area contributed by atoms with E-state index in [1.54, 1.807) is 30.9 Å². The number of ketones is 1. The van der Waals surface area contributed by atoms with Crippen LogP contribution in [-0.4, -0.2) is 109 Å². The molecule has 2 saturated heterocycles. The van der Waals surface area contributed by atoms with Crippen molar-refractivity contribution in [3.05, 3.63) is 35.9 Å². The highest BCUT2D eigenvalue weighted by Crippen LogP contribution is 2.57. The van der Waals surface area contributed by atoms with Crippen molar-refractivity contribution in [2.24, 2.45) is 11.3 Å². The van der Waals surface area contributed by atoms with Crippen LogP contribution in [0.25, 0.3) is 10.9 Å². The number of carbonyl (C=O) groups is 4. The number of likely N-dealkylation sites (tertiary alicyclic amines) is 1. The number of hydrogen-bond acceptors (Lipinski definition) is 10. The number of urea groups is 1. The molecule has 2 aliphatic carbocycles. The van der Waals surface area contributed by atoms with Crippen LogP contribution in [0.4, 0.5) is 18.0 Å². The second-order valence-electron chi connectivity index (χ2n) is 16.5. The minimum Gasteiger partial charge on any atom is -0.496 e. The fraction of sp³-hybridized carbons (Fsp3) is 0.625. The quantitative estimate of drug-likeness (QED) is 0.324. The third kappa shape index (κ3) is 8.57. The predicted molar refractivity (Wildman–Crippen MR) is 205 cm³/mol. The lowest BCUT2D eigenvalue weighted by Crippen LogP contribution is -2.56. The third-order valence-electron chi connectivity index (χ3n) is 12.3. The highest BCUT2D eigenvalue weighted by Gasteiger charge is 2.62. The number of sulfonamides is 1. The summed E-state index contributed by atoms with van der Waals surface area (Å²) in [4.78, 5) is 63.6. The lowest BCUT2D eigenvalue weighted by Gasteiger charge is -2.34. The fourth-order valence-corrected chi connectivity index (χ4v) is 9.47. The van der Waals surface area contributed by atoms with Crippen molar-refractivity contribution < 1.29 is 55.0 Å². The van der Waals surface area contributed by atoms with Crippen molar-refractivity contribution in [2.45, 2.75) is 114 Å². The van der Waals surface area contributed by atoms with Crippen LogP contribution in [-0.2, 0) is 24.4 Å². The van der Waals surface area contributed by atoms with Gasteiger partial charge in [-0.2, -0.15) is 13.2 Å². The molecule has 3 aliphatic heterocycles. The maximum Gasteiger partial charge on any atom is 0.422 e. The van der Waals surface area contributed by atoms with E-state index in [4.69, 9.17) is 14.2 Å². The van der Waals surface area contributed by atoms with E-state index in [0.717, 1.165) is 19.3 Å². The largest absolute Gasteiger partial charge is 0.496 e. The molecule has 2 saturated carbocycles. The molecule has 7 rings (SSSR count). The molecule has 1 aromatic heterocycles. The van der Waals surface area contributed by atoms with E-state index in [9.17, 15) is 40.8 Å². The lowest BCUT2D eigenvalue weighted by molar-refractivity contribution is -0.154. The van der Waals surface area contributed by atoms with Crippen molar-refractivity contribution in [3.8, 4) is 17.4 Å². The molecule has 0 bridgehead atoms. The van der Waals surface area contributed by atoms with Crippen LogP contribution >= 0.6 is 0 Å². The number of aromatic nitrogens is 1. The topological polar surface area (TPSA) is 174 Å². The van der Waals surface area contributed by atoms with Gasteiger partial charge >= 0.3 is 12.2 Å². The van der Waals surface area contributed by atoms with Crippen LogP contribution in [0.5, 0.6) is 17.4 Å². The zero-order valence-electron chi connectivity index (χ0n) is 32.9. The molecule has 2 N–H and O–H groups in total. The number of allylic oxidation sites excluding steroid dienone is 2. The molecular weight excluding hydrogens is 784 g/mol. The fourth-order valence-electron chi connectivity index (χ4n) is 8.13. The van der Waals surface area contributed by atoms with Crippen LogP contribution < -0.4 is 24.2 Å². The highest BCUT2D eigenvalue weighted by molar-refractivity contribution is 7.91. The van der Waals surface area contributed by atoms with Gasteiger partial charge < -0.3 is 29.3 Å². The van der Waals surface area contributed by atoms with Crippen LogP contribution in [0, 0.1) is 18.3 Å². The number of fused-ring (bicyclic) bond motifs is 3. The van der Waals surface area contributed by atoms with Gasteiger partial charge in [-0.1, -0.05) is 25.0 Å². The summed E-state index contributed by atoms with van der Waals surface area (Å²) < 4.78 is 84.2. The number of aryl methyl sites for hydroxylation is 1. The Balaban J connectivity index is 1.22. The van der Waals surface area contributed by atoms with Crippen LogP contribution in [0.3, 0.4) is 0 Å². The number of nitrogens with zero attached hydrogens (tertiary/aromatic N) is 3. The number of alkyl halides is 3. The summed E-state index contributed by atoms with van der Waals surface area (Å²) in [7, 11) is -2.57. The summed E-state index contributed by atoms with van der Waals surface area (Å²) in [5.74, 6) is -1.96. The summed E-state index contributed by atoms with van der Waals surface area (Å²) in [5, 5.41) is 3.31. The van der Waals surface area contributed by atoms with E-state index in [1.807, 2.05) is 12.2 Å². The van der Waals surface area contributed by atoms with E-state index in [-0.39, 0.29) is 49.0 Å². The normalized spacial score (nSPS) is 27.9. The Morgan fingerprint density at radius 3 is 2.50 bits per heavy atom. The molecule has 2 aromatic rings. The van der Waals surface area contributed by atoms with Crippen molar-refractivity contribution in [2.75, 3.05) is 33.4 Å². The molecule has 58 heavy (non-hydrogen) atoms. The Bertz CT molecular complexity index is 2110. The van der Waals surface area contributed by atoms with Crippen LogP contribution in [0.2, 0.25) is 0 Å². The molecular formula is C40H50F3N5O9S. The first-order valence-electron chi connectivity index (χ1n) is 19.9. The number of ether oxygens (including phenoxy) is 3. The second kappa shape index (κ2) is 15.9. The van der Waals surface area contributed by atoms with E-state index < -0.39 is 74.7 Å². The van der Waals surface area contributed by atoms with Gasteiger partial charge in [0.15, 0.2) is 12.4 Å². The molecule has 0 unspecified atom stereocenters. The van der Waals surface area contributed by atoms with E-state index >= 15 is 0 Å². The van der Waals surface area contributed by atoms with Crippen LogP contribution in [0.15, 0.2) is 30.4 Å². The van der Waals surface area contributed by atoms with Crippen molar-refractivity contribution in [1.82, 2.24) is 24.8 Å². The molecule has 0 radical (unpaired) electrons. The van der Waals surface area contributed by atoms with Gasteiger partial charge in [-0.25, -0.2) is 18.2 Å². The van der Waals surface area contributed by atoms with Gasteiger partial charge in [-0.15, -0.1) is 0 Å². The van der Waals surface area contributed by atoms with E-state index in [2.05, 4.69) is 15.0 Å². The summed E-state index contributed by atoms with van der Waals surface area (Å²) in [5.41, 5.74) is -0.576. The van der Waals surface area contributed by atoms with E-state index in [1.165, 1.54) is 18.1 Å². The average molecular weight is 834 g/mol. The Morgan fingerprint density at radius 1 is 1.07 bits per heavy atom. The number of hydrogen-bond donors (Lipinski definition) is 2. The minimum atomic E-state index is -4.65. The molecule has 4 fully saturated rings. The molecule has 1 aromatic carbocycles. The monoisotopic (exact) mass is 833 g/mol. The molecule has 0 spiro atoms. The second-order valence-corrected chi connectivity index (χ2v) is 18.7. The van der Waals surface area contributed by atoms with E-state index in [0.29, 0.717) is 61.9 Å². The average Bonchev–Trinajstić information content (AvgIpc) is 4.02. The van der Waals surface area contributed by atoms with Gasteiger partial charge in [-0.3, -0.25) is 19.1 Å². The Morgan fingerprint density at radius 2 is 1.83 bits per heavy atom. The van der Waals surface area contributed by atoms with Gasteiger partial charge in [0.25, 0.3) is 0 Å². The minimum absolute atomic E-state index is 0.0520. The van der Waals surface area contributed by atoms with Gasteiger partial charge in [0, 0.05) is 42.9 Å². The molecule has 18 heteroatoms. The number of Topliss-reactive ketones (excluding diaryl/α,β-unsaturated/α-hetero) is 1. The molecule has 5 atom stereocenters. The van der Waals surface area contributed by atoms with Crippen molar-refractivity contribution in [3.63, 3.8) is 0 Å². The first-order chi connectivity index (χ1) is 27.4. The smallest absolute Gasteiger partial charge is 0.422 e. The number of benzene rings is 1. The maximum absolute atomic E-state index is 14.6. The van der Waals surface area contributed by atoms with Crippen LogP contribution in [0.1, 0.15) is 83.1 Å². The van der Waals surface area contributed by atoms with Gasteiger partial charge in [0.2, 0.25) is 27.7 Å². The number of pyridine rings is 1. The Labute approximate surface area is 335 Å². The summed E-state index contributed by atoms with van der Waals surface area (Å²) >= 11 is 0. The molecule has 5 aliphatic rings.